The van der Waals surface area contributed by atoms with Crippen LogP contribution in [0.2, 0.25) is 5.02 Å². The second-order valence-corrected chi connectivity index (χ2v) is 2.09. The fraction of sp³-hybridized carbons (Fsp3) is 0. The Morgan fingerprint density at radius 2 is 2.30 bits per heavy atom. The molecule has 1 rings (SSSR count). The molecule has 0 atom stereocenters. The van der Waals surface area contributed by atoms with Crippen LogP contribution in [0.15, 0.2) is 18.2 Å². The number of benzene rings is 1. The molecule has 0 amide bonds. The highest BCUT2D eigenvalue weighted by Gasteiger charge is 2.02. The number of halogens is 1. The number of hydrogen-bond donors (Lipinski definition) is 0. The predicted molar refractivity (Wildman–Crippen MR) is 36.9 cm³/mol. The van der Waals surface area contributed by atoms with E-state index in [0.717, 1.165) is 0 Å². The predicted octanol–water partition coefficient (Wildman–Crippen LogP) is 2.05. The Bertz CT molecular complexity index is 244. The molecule has 0 heterocycles. The van der Waals surface area contributed by atoms with E-state index in [2.05, 4.69) is 6.07 Å². The molecule has 10 heavy (non-hydrogen) atoms. The minimum absolute atomic E-state index is 0.0654. The van der Waals surface area contributed by atoms with Gasteiger partial charge in [0.2, 0.25) is 0 Å². The van der Waals surface area contributed by atoms with Gasteiger partial charge in [0.15, 0.2) is 0 Å². The summed E-state index contributed by atoms with van der Waals surface area (Å²) in [6.07, 6.45) is 0. The van der Waals surface area contributed by atoms with Gasteiger partial charge in [0, 0.05) is 11.1 Å². The first kappa shape index (κ1) is 7.02. The lowest BCUT2D eigenvalue weighted by molar-refractivity contribution is -0.385. The molecule has 3 nitrogen and oxygen atoms in total. The van der Waals surface area contributed by atoms with Crippen LogP contribution in [0.4, 0.5) is 5.69 Å². The van der Waals surface area contributed by atoms with Gasteiger partial charge in [0.25, 0.3) is 5.69 Å². The molecular formula is C6H3ClNO2. The second kappa shape index (κ2) is 2.66. The molecule has 1 radical (unpaired) electrons. The summed E-state index contributed by atoms with van der Waals surface area (Å²) in [6, 6.07) is 6.53. The molecule has 0 fully saturated rings. The van der Waals surface area contributed by atoms with Crippen molar-refractivity contribution < 1.29 is 4.92 Å². The van der Waals surface area contributed by atoms with Crippen LogP contribution in [0.3, 0.4) is 0 Å². The molecule has 0 spiro atoms. The third-order valence-electron chi connectivity index (χ3n) is 0.955. The summed E-state index contributed by atoms with van der Waals surface area (Å²) in [4.78, 5) is 9.53. The fourth-order valence-electron chi connectivity index (χ4n) is 0.511. The van der Waals surface area contributed by atoms with Crippen molar-refractivity contribution in [1.29, 1.82) is 0 Å². The highest BCUT2D eigenvalue weighted by molar-refractivity contribution is 6.30. The van der Waals surface area contributed by atoms with E-state index >= 15 is 0 Å². The number of nitro groups is 1. The third-order valence-corrected chi connectivity index (χ3v) is 1.19. The van der Waals surface area contributed by atoms with Crippen LogP contribution in [-0.2, 0) is 0 Å². The first-order valence-corrected chi connectivity index (χ1v) is 2.89. The van der Waals surface area contributed by atoms with Crippen molar-refractivity contribution in [1.82, 2.24) is 0 Å². The van der Waals surface area contributed by atoms with E-state index in [0.29, 0.717) is 5.02 Å². The third kappa shape index (κ3) is 1.45. The van der Waals surface area contributed by atoms with Gasteiger partial charge in [-0.3, -0.25) is 10.1 Å². The van der Waals surface area contributed by atoms with Crippen molar-refractivity contribution in [2.45, 2.75) is 0 Å². The second-order valence-electron chi connectivity index (χ2n) is 1.65. The summed E-state index contributed by atoms with van der Waals surface area (Å²) in [6.45, 7) is 0. The Labute approximate surface area is 62.4 Å². The van der Waals surface area contributed by atoms with Crippen LogP contribution in [-0.4, -0.2) is 4.92 Å². The van der Waals surface area contributed by atoms with Crippen LogP contribution >= 0.6 is 11.6 Å². The molecule has 0 aromatic heterocycles. The van der Waals surface area contributed by atoms with Gasteiger partial charge in [-0.2, -0.15) is 0 Å². The molecule has 0 aliphatic heterocycles. The van der Waals surface area contributed by atoms with Gasteiger partial charge in [-0.25, -0.2) is 0 Å². The molecule has 0 saturated heterocycles. The smallest absolute Gasteiger partial charge is 0.258 e. The molecule has 1 aromatic carbocycles. The number of rotatable bonds is 1. The Morgan fingerprint density at radius 1 is 1.60 bits per heavy atom. The van der Waals surface area contributed by atoms with Gasteiger partial charge in [0.1, 0.15) is 0 Å². The van der Waals surface area contributed by atoms with Gasteiger partial charge >= 0.3 is 0 Å². The van der Waals surface area contributed by atoms with Crippen molar-refractivity contribution >= 4 is 17.3 Å². The van der Waals surface area contributed by atoms with Crippen molar-refractivity contribution in [3.05, 3.63) is 39.4 Å². The summed E-state index contributed by atoms with van der Waals surface area (Å²) in [5.74, 6) is 0. The minimum Gasteiger partial charge on any atom is -0.258 e. The Balaban J connectivity index is 3.00. The van der Waals surface area contributed by atoms with E-state index < -0.39 is 4.92 Å². The normalized spacial score (nSPS) is 9.30. The quantitative estimate of drug-likeness (QED) is 0.461. The van der Waals surface area contributed by atoms with E-state index in [1.807, 2.05) is 0 Å². The van der Waals surface area contributed by atoms with Crippen LogP contribution in [0.25, 0.3) is 0 Å². The number of non-ortho nitro benzene ring substituents is 1. The van der Waals surface area contributed by atoms with Gasteiger partial charge in [0.05, 0.1) is 11.0 Å². The Kier molecular flexibility index (Phi) is 1.87. The zero-order chi connectivity index (χ0) is 7.56. The number of nitrogens with zero attached hydrogens (tertiary/aromatic N) is 1. The van der Waals surface area contributed by atoms with Crippen LogP contribution in [0, 0.1) is 16.2 Å². The van der Waals surface area contributed by atoms with Crippen LogP contribution in [0.1, 0.15) is 0 Å². The van der Waals surface area contributed by atoms with E-state index in [1.54, 1.807) is 0 Å². The molecule has 0 bridgehead atoms. The Morgan fingerprint density at radius 3 is 2.70 bits per heavy atom. The lowest BCUT2D eigenvalue weighted by Crippen LogP contribution is -1.85. The standard InChI is InChI=1S/C6H3ClNO2/c7-5-1-3-6(4-2-5)8(9)10/h1-3H. The molecule has 51 valence electrons. The fourth-order valence-corrected chi connectivity index (χ4v) is 0.629. The van der Waals surface area contributed by atoms with E-state index in [4.69, 9.17) is 11.6 Å². The maximum Gasteiger partial charge on any atom is 0.277 e. The highest BCUT2D eigenvalue weighted by Crippen LogP contribution is 2.13. The molecule has 0 saturated carbocycles. The van der Waals surface area contributed by atoms with Crippen molar-refractivity contribution in [2.75, 3.05) is 0 Å². The lowest BCUT2D eigenvalue weighted by atomic mass is 10.3. The summed E-state index contributed by atoms with van der Waals surface area (Å²) < 4.78 is 0. The SMILES string of the molecule is O=[N+]([O-])c1[c]cc(Cl)cc1. The minimum atomic E-state index is -0.518. The summed E-state index contributed by atoms with van der Waals surface area (Å²) in [5.41, 5.74) is -0.0654. The first-order valence-electron chi connectivity index (χ1n) is 2.52. The number of hydrogen-bond acceptors (Lipinski definition) is 2. The highest BCUT2D eigenvalue weighted by atomic mass is 35.5. The average molecular weight is 157 g/mol. The summed E-state index contributed by atoms with van der Waals surface area (Å²) in [5, 5.41) is 10.5. The molecule has 0 aliphatic rings. The summed E-state index contributed by atoms with van der Waals surface area (Å²) >= 11 is 5.46. The van der Waals surface area contributed by atoms with Gasteiger partial charge in [-0.15, -0.1) is 0 Å². The number of nitro benzene ring substituents is 1. The maximum atomic E-state index is 10.0. The maximum absolute atomic E-state index is 10.0. The van der Waals surface area contributed by atoms with Gasteiger partial charge in [-0.05, 0) is 12.1 Å². The topological polar surface area (TPSA) is 43.1 Å². The van der Waals surface area contributed by atoms with E-state index in [-0.39, 0.29) is 5.69 Å². The van der Waals surface area contributed by atoms with Gasteiger partial charge in [-0.1, -0.05) is 11.6 Å². The monoisotopic (exact) mass is 156 g/mol. The van der Waals surface area contributed by atoms with E-state index in [1.165, 1.54) is 18.2 Å². The van der Waals surface area contributed by atoms with Crippen molar-refractivity contribution in [2.24, 2.45) is 0 Å². The molecule has 0 N–H and O–H groups in total. The molecule has 0 aliphatic carbocycles. The average Bonchev–Trinajstić information content (AvgIpc) is 1.88. The first-order chi connectivity index (χ1) is 4.70. The zero-order valence-corrected chi connectivity index (χ0v) is 5.63. The molecule has 4 heteroatoms. The largest absolute Gasteiger partial charge is 0.277 e. The zero-order valence-electron chi connectivity index (χ0n) is 4.87. The van der Waals surface area contributed by atoms with E-state index in [9.17, 15) is 10.1 Å². The lowest BCUT2D eigenvalue weighted by Gasteiger charge is -1.87. The Hall–Kier alpha value is -1.09. The molecule has 1 aromatic rings. The van der Waals surface area contributed by atoms with Gasteiger partial charge < -0.3 is 0 Å². The van der Waals surface area contributed by atoms with Crippen molar-refractivity contribution in [3.63, 3.8) is 0 Å². The molecule has 0 unspecified atom stereocenters. The van der Waals surface area contributed by atoms with Crippen LogP contribution < -0.4 is 0 Å². The summed E-state index contributed by atoms with van der Waals surface area (Å²) in [7, 11) is 0. The van der Waals surface area contributed by atoms with Crippen LogP contribution in [0.5, 0.6) is 0 Å². The van der Waals surface area contributed by atoms with Crippen molar-refractivity contribution in [3.8, 4) is 0 Å². The molecular weight excluding hydrogens is 154 g/mol.